The van der Waals surface area contributed by atoms with Gasteiger partial charge in [-0.15, -0.1) is 5.10 Å². The number of likely N-dealkylation sites (N-methyl/N-ethyl adjacent to an activating group) is 1. The smallest absolute Gasteiger partial charge is 0.230 e. The van der Waals surface area contributed by atoms with Crippen LogP contribution < -0.4 is 4.90 Å². The maximum atomic E-state index is 5.37. The number of aromatic nitrogens is 3. The summed E-state index contributed by atoms with van der Waals surface area (Å²) in [5, 5.41) is 7.30. The van der Waals surface area contributed by atoms with Gasteiger partial charge in [-0.1, -0.05) is 18.2 Å². The number of nitrogens with zero attached hydrogens (tertiary/aromatic N) is 4. The fourth-order valence-electron chi connectivity index (χ4n) is 2.75. The maximum absolute atomic E-state index is 5.37. The van der Waals surface area contributed by atoms with Gasteiger partial charge in [-0.2, -0.15) is 0 Å². The van der Waals surface area contributed by atoms with Crippen molar-refractivity contribution in [1.82, 2.24) is 19.7 Å². The SMILES string of the molecule is CN(CCN1CCCC1)c1n[nH]c(=S)n1-c1ccccc1. The largest absolute Gasteiger partial charge is 0.342 e. The Kier molecular flexibility index (Phi) is 4.36. The molecule has 1 aromatic heterocycles. The molecular weight excluding hydrogens is 282 g/mol. The molecule has 0 bridgehead atoms. The molecule has 21 heavy (non-hydrogen) atoms. The van der Waals surface area contributed by atoms with E-state index < -0.39 is 0 Å². The Bertz CT molecular complexity index is 627. The monoisotopic (exact) mass is 303 g/mol. The molecule has 1 aliphatic rings. The highest BCUT2D eigenvalue weighted by Crippen LogP contribution is 2.17. The van der Waals surface area contributed by atoms with Gasteiger partial charge in [-0.3, -0.25) is 4.57 Å². The van der Waals surface area contributed by atoms with Gasteiger partial charge in [0.2, 0.25) is 10.7 Å². The molecule has 112 valence electrons. The van der Waals surface area contributed by atoms with Crippen LogP contribution in [0.5, 0.6) is 0 Å². The number of aromatic amines is 1. The van der Waals surface area contributed by atoms with Crippen molar-refractivity contribution in [3.63, 3.8) is 0 Å². The van der Waals surface area contributed by atoms with Gasteiger partial charge in [0.05, 0.1) is 5.69 Å². The molecule has 2 aromatic rings. The molecule has 3 rings (SSSR count). The number of hydrogen-bond acceptors (Lipinski definition) is 4. The lowest BCUT2D eigenvalue weighted by Crippen LogP contribution is -2.32. The van der Waals surface area contributed by atoms with E-state index in [2.05, 4.69) is 27.0 Å². The standard InChI is InChI=1S/C15H21N5S/c1-18(11-12-19-9-5-6-10-19)14-16-17-15(21)20(14)13-7-3-2-4-8-13/h2-4,7-8H,5-6,9-12H2,1H3,(H,17,21). The predicted octanol–water partition coefficient (Wildman–Crippen LogP) is 2.46. The van der Waals surface area contributed by atoms with Crippen molar-refractivity contribution in [3.8, 4) is 5.69 Å². The third-order valence-corrected chi connectivity index (χ3v) is 4.23. The molecule has 5 nitrogen and oxygen atoms in total. The zero-order valence-electron chi connectivity index (χ0n) is 12.3. The molecule has 1 fully saturated rings. The summed E-state index contributed by atoms with van der Waals surface area (Å²) in [5.74, 6) is 0.866. The molecule has 0 saturated carbocycles. The molecule has 0 amide bonds. The first-order valence-corrected chi connectivity index (χ1v) is 7.83. The lowest BCUT2D eigenvalue weighted by atomic mass is 10.3. The number of likely N-dealkylation sites (tertiary alicyclic amines) is 1. The van der Waals surface area contributed by atoms with Gasteiger partial charge in [-0.05, 0) is 50.3 Å². The average Bonchev–Trinajstić information content (AvgIpc) is 3.15. The number of anilines is 1. The summed E-state index contributed by atoms with van der Waals surface area (Å²) in [4.78, 5) is 4.67. The van der Waals surface area contributed by atoms with Crippen molar-refractivity contribution in [2.75, 3.05) is 38.1 Å². The van der Waals surface area contributed by atoms with E-state index in [0.29, 0.717) is 4.77 Å². The minimum atomic E-state index is 0.629. The Labute approximate surface area is 130 Å². The molecule has 1 N–H and O–H groups in total. The van der Waals surface area contributed by atoms with Gasteiger partial charge in [0, 0.05) is 20.1 Å². The molecule has 0 unspecified atom stereocenters. The highest BCUT2D eigenvalue weighted by molar-refractivity contribution is 7.71. The minimum Gasteiger partial charge on any atom is -0.342 e. The molecular formula is C15H21N5S. The topological polar surface area (TPSA) is 40.1 Å². The molecule has 0 radical (unpaired) electrons. The normalized spacial score (nSPS) is 15.5. The first-order chi connectivity index (χ1) is 10.3. The van der Waals surface area contributed by atoms with Crippen molar-refractivity contribution >= 4 is 18.2 Å². The van der Waals surface area contributed by atoms with Crippen LogP contribution in [0.15, 0.2) is 30.3 Å². The Hall–Kier alpha value is -1.66. The van der Waals surface area contributed by atoms with Crippen LogP contribution >= 0.6 is 12.2 Å². The third kappa shape index (κ3) is 3.16. The van der Waals surface area contributed by atoms with E-state index in [0.717, 1.165) is 24.7 Å². The van der Waals surface area contributed by atoms with Gasteiger partial charge in [0.1, 0.15) is 0 Å². The Morgan fingerprint density at radius 3 is 2.67 bits per heavy atom. The van der Waals surface area contributed by atoms with E-state index in [1.54, 1.807) is 0 Å². The summed E-state index contributed by atoms with van der Waals surface area (Å²) in [6, 6.07) is 10.1. The molecule has 0 atom stereocenters. The molecule has 1 saturated heterocycles. The van der Waals surface area contributed by atoms with Gasteiger partial charge in [-0.25, -0.2) is 5.10 Å². The molecule has 0 aliphatic carbocycles. The zero-order chi connectivity index (χ0) is 14.7. The number of hydrogen-bond donors (Lipinski definition) is 1. The summed E-state index contributed by atoms with van der Waals surface area (Å²) in [5.41, 5.74) is 1.04. The number of para-hydroxylation sites is 1. The fourth-order valence-corrected chi connectivity index (χ4v) is 2.98. The molecule has 0 spiro atoms. The first-order valence-electron chi connectivity index (χ1n) is 7.42. The maximum Gasteiger partial charge on any atom is 0.230 e. The van der Waals surface area contributed by atoms with Gasteiger partial charge >= 0.3 is 0 Å². The van der Waals surface area contributed by atoms with Gasteiger partial charge < -0.3 is 9.80 Å². The number of benzene rings is 1. The van der Waals surface area contributed by atoms with Crippen LogP contribution in [0.3, 0.4) is 0 Å². The first kappa shape index (κ1) is 14.3. The van der Waals surface area contributed by atoms with Crippen molar-refractivity contribution in [1.29, 1.82) is 0 Å². The molecule has 1 aliphatic heterocycles. The van der Waals surface area contributed by atoms with Crippen molar-refractivity contribution in [3.05, 3.63) is 35.1 Å². The van der Waals surface area contributed by atoms with E-state index in [-0.39, 0.29) is 0 Å². The van der Waals surface area contributed by atoms with E-state index in [1.807, 2.05) is 34.9 Å². The lowest BCUT2D eigenvalue weighted by molar-refractivity contribution is 0.346. The number of nitrogens with one attached hydrogen (secondary N) is 1. The van der Waals surface area contributed by atoms with Crippen molar-refractivity contribution in [2.24, 2.45) is 0 Å². The average molecular weight is 303 g/mol. The Balaban J connectivity index is 1.77. The van der Waals surface area contributed by atoms with E-state index in [9.17, 15) is 0 Å². The Morgan fingerprint density at radius 1 is 1.24 bits per heavy atom. The highest BCUT2D eigenvalue weighted by Gasteiger charge is 2.15. The highest BCUT2D eigenvalue weighted by atomic mass is 32.1. The zero-order valence-corrected chi connectivity index (χ0v) is 13.1. The predicted molar refractivity (Wildman–Crippen MR) is 87.7 cm³/mol. The van der Waals surface area contributed by atoms with E-state index >= 15 is 0 Å². The minimum absolute atomic E-state index is 0.629. The third-order valence-electron chi connectivity index (χ3n) is 3.96. The second-order valence-corrected chi connectivity index (χ2v) is 5.86. The number of H-pyrrole nitrogens is 1. The van der Waals surface area contributed by atoms with E-state index in [1.165, 1.54) is 25.9 Å². The second kappa shape index (κ2) is 6.41. The van der Waals surface area contributed by atoms with Crippen LogP contribution in [-0.4, -0.2) is 52.9 Å². The quantitative estimate of drug-likeness (QED) is 0.862. The van der Waals surface area contributed by atoms with Gasteiger partial charge in [0.25, 0.3) is 0 Å². The lowest BCUT2D eigenvalue weighted by Gasteiger charge is -2.22. The van der Waals surface area contributed by atoms with Crippen LogP contribution in [0.4, 0.5) is 5.95 Å². The van der Waals surface area contributed by atoms with E-state index in [4.69, 9.17) is 12.2 Å². The summed E-state index contributed by atoms with van der Waals surface area (Å²) >= 11 is 5.37. The number of rotatable bonds is 5. The molecule has 2 heterocycles. The van der Waals surface area contributed by atoms with Gasteiger partial charge in [0.15, 0.2) is 0 Å². The van der Waals surface area contributed by atoms with Crippen LogP contribution in [0, 0.1) is 4.77 Å². The second-order valence-electron chi connectivity index (χ2n) is 5.47. The Morgan fingerprint density at radius 2 is 1.95 bits per heavy atom. The van der Waals surface area contributed by atoms with Crippen molar-refractivity contribution < 1.29 is 0 Å². The van der Waals surface area contributed by atoms with Crippen molar-refractivity contribution in [2.45, 2.75) is 12.8 Å². The molecule has 1 aromatic carbocycles. The summed E-state index contributed by atoms with van der Waals surface area (Å²) in [7, 11) is 2.07. The fraction of sp³-hybridized carbons (Fsp3) is 0.467. The van der Waals surface area contributed by atoms with Crippen LogP contribution in [-0.2, 0) is 0 Å². The summed E-state index contributed by atoms with van der Waals surface area (Å²) < 4.78 is 2.61. The molecule has 6 heteroatoms. The van der Waals surface area contributed by atoms with Crippen LogP contribution in [0.1, 0.15) is 12.8 Å². The summed E-state index contributed by atoms with van der Waals surface area (Å²) in [6.45, 7) is 4.47. The van der Waals surface area contributed by atoms with Crippen LogP contribution in [0.25, 0.3) is 5.69 Å². The van der Waals surface area contributed by atoms with Crippen LogP contribution in [0.2, 0.25) is 0 Å². The summed E-state index contributed by atoms with van der Waals surface area (Å²) in [6.07, 6.45) is 2.65.